The fraction of sp³-hybridized carbons (Fsp3) is 0.310. The van der Waals surface area contributed by atoms with Crippen LogP contribution in [0.3, 0.4) is 0 Å². The zero-order chi connectivity index (χ0) is 25.8. The summed E-state index contributed by atoms with van der Waals surface area (Å²) in [7, 11) is 3.21. The molecule has 0 bridgehead atoms. The highest BCUT2D eigenvalue weighted by molar-refractivity contribution is 6.32. The number of nitrogens with zero attached hydrogens (tertiary/aromatic N) is 3. The first kappa shape index (κ1) is 24.9. The molecule has 1 aliphatic rings. The molecule has 1 fully saturated rings. The second-order valence-electron chi connectivity index (χ2n) is 9.38. The molecule has 2 aromatic heterocycles. The molecule has 2 heterocycles. The van der Waals surface area contributed by atoms with Gasteiger partial charge in [-0.1, -0.05) is 23.7 Å². The van der Waals surface area contributed by atoms with Crippen LogP contribution in [0.4, 0.5) is 5.69 Å². The van der Waals surface area contributed by atoms with Crippen LogP contribution in [0.15, 0.2) is 60.9 Å². The summed E-state index contributed by atoms with van der Waals surface area (Å²) < 4.78 is 12.9. The van der Waals surface area contributed by atoms with E-state index in [1.807, 2.05) is 41.1 Å². The van der Waals surface area contributed by atoms with Crippen molar-refractivity contribution in [2.45, 2.75) is 44.3 Å². The molecule has 8 heteroatoms. The molecule has 4 aromatic rings. The van der Waals surface area contributed by atoms with E-state index < -0.39 is 0 Å². The monoisotopic (exact) mass is 515 g/mol. The minimum Gasteiger partial charge on any atom is -0.496 e. The summed E-state index contributed by atoms with van der Waals surface area (Å²) in [5, 5.41) is 17.0. The highest BCUT2D eigenvalue weighted by Crippen LogP contribution is 2.38. The van der Waals surface area contributed by atoms with E-state index in [0.29, 0.717) is 34.2 Å². The van der Waals surface area contributed by atoms with Crippen molar-refractivity contribution in [3.63, 3.8) is 0 Å². The van der Waals surface area contributed by atoms with Crippen molar-refractivity contribution in [1.82, 2.24) is 14.7 Å². The van der Waals surface area contributed by atoms with Gasteiger partial charge in [0.2, 0.25) is 0 Å². The van der Waals surface area contributed by atoms with Gasteiger partial charge in [0.15, 0.2) is 0 Å². The zero-order valence-electron chi connectivity index (χ0n) is 21.0. The number of pyridine rings is 1. The second kappa shape index (κ2) is 11.1. The number of hydrogen-bond acceptors (Lipinski definition) is 6. The maximum Gasteiger partial charge on any atom is 0.141 e. The molecule has 2 aromatic carbocycles. The number of anilines is 1. The van der Waals surface area contributed by atoms with Crippen molar-refractivity contribution in [2.24, 2.45) is 0 Å². The molecule has 0 aliphatic heterocycles. The number of nitrogens with one attached hydrogen (secondary N) is 2. The molecule has 0 saturated heterocycles. The number of benzene rings is 2. The first-order valence-electron chi connectivity index (χ1n) is 12.5. The van der Waals surface area contributed by atoms with Crippen molar-refractivity contribution in [3.8, 4) is 28.8 Å². The van der Waals surface area contributed by atoms with Gasteiger partial charge in [0, 0.05) is 54.4 Å². The number of imidazole rings is 1. The largest absolute Gasteiger partial charge is 0.496 e. The molecule has 0 radical (unpaired) electrons. The molecular formula is C29H30ClN5O2. The van der Waals surface area contributed by atoms with Crippen LogP contribution in [-0.4, -0.2) is 35.7 Å². The Morgan fingerprint density at radius 2 is 1.81 bits per heavy atom. The topological polar surface area (TPSA) is 83.6 Å². The van der Waals surface area contributed by atoms with Crippen molar-refractivity contribution in [2.75, 3.05) is 19.5 Å². The van der Waals surface area contributed by atoms with Gasteiger partial charge in [-0.25, -0.2) is 4.98 Å². The molecule has 1 aliphatic carbocycles. The minimum atomic E-state index is 0.428. The lowest BCUT2D eigenvalue weighted by molar-refractivity contribution is 0.353. The predicted octanol–water partition coefficient (Wildman–Crippen LogP) is 6.06. The van der Waals surface area contributed by atoms with Crippen molar-refractivity contribution in [1.29, 1.82) is 5.26 Å². The molecule has 37 heavy (non-hydrogen) atoms. The number of nitriles is 1. The third-order valence-electron chi connectivity index (χ3n) is 6.96. The first-order valence-corrected chi connectivity index (χ1v) is 12.8. The summed E-state index contributed by atoms with van der Waals surface area (Å²) in [5.74, 6) is 1.22. The predicted molar refractivity (Wildman–Crippen MR) is 146 cm³/mol. The molecule has 0 unspecified atom stereocenters. The smallest absolute Gasteiger partial charge is 0.141 e. The zero-order valence-corrected chi connectivity index (χ0v) is 21.8. The van der Waals surface area contributed by atoms with Crippen LogP contribution >= 0.6 is 11.6 Å². The Balaban J connectivity index is 1.21. The number of methoxy groups -OCH3 is 2. The lowest BCUT2D eigenvalue weighted by Crippen LogP contribution is -2.36. The van der Waals surface area contributed by atoms with Crippen molar-refractivity contribution >= 4 is 22.9 Å². The number of fused-ring (bicyclic) bond motifs is 1. The average molecular weight is 516 g/mol. The first-order chi connectivity index (χ1) is 18.1. The van der Waals surface area contributed by atoms with Gasteiger partial charge in [0.25, 0.3) is 0 Å². The maximum absolute atomic E-state index is 9.09. The van der Waals surface area contributed by atoms with Gasteiger partial charge in [-0.3, -0.25) is 0 Å². The molecule has 0 spiro atoms. The normalized spacial score (nSPS) is 17.4. The maximum atomic E-state index is 9.09. The highest BCUT2D eigenvalue weighted by atomic mass is 35.5. The Kier molecular flexibility index (Phi) is 7.50. The fourth-order valence-electron chi connectivity index (χ4n) is 4.95. The van der Waals surface area contributed by atoms with Crippen LogP contribution in [0.2, 0.25) is 5.02 Å². The minimum absolute atomic E-state index is 0.428. The van der Waals surface area contributed by atoms with Crippen LogP contribution in [0.5, 0.6) is 11.5 Å². The molecule has 0 atom stereocenters. The van der Waals surface area contributed by atoms with Gasteiger partial charge in [0.1, 0.15) is 17.1 Å². The Labute approximate surface area is 222 Å². The number of rotatable bonds is 8. The van der Waals surface area contributed by atoms with Crippen LogP contribution in [-0.2, 0) is 6.54 Å². The quantitative estimate of drug-likeness (QED) is 0.297. The number of ether oxygens (including phenoxy) is 2. The standard InChI is InChI=1S/C29H30ClN5O2/c1-36-27-15-28(37-2)25(30)14-24(27)26-18-35-11-10-23(13-29(35)34-26)33-22-8-6-21(7-9-22)32-17-20-5-3-4-19(12-20)16-31/h3-5,10-15,18,21-22,32-33H,6-9,17H2,1-2H3/t21-,22-. The van der Waals surface area contributed by atoms with E-state index in [-0.39, 0.29) is 0 Å². The number of halogens is 1. The third kappa shape index (κ3) is 5.66. The van der Waals surface area contributed by atoms with Crippen LogP contribution in [0, 0.1) is 11.3 Å². The van der Waals surface area contributed by atoms with E-state index in [2.05, 4.69) is 34.9 Å². The summed E-state index contributed by atoms with van der Waals surface area (Å²) in [5.41, 5.74) is 5.38. The molecule has 1 saturated carbocycles. The summed E-state index contributed by atoms with van der Waals surface area (Å²) >= 11 is 6.37. The number of hydrogen-bond donors (Lipinski definition) is 2. The van der Waals surface area contributed by atoms with E-state index in [9.17, 15) is 0 Å². The third-order valence-corrected chi connectivity index (χ3v) is 7.25. The van der Waals surface area contributed by atoms with E-state index in [1.54, 1.807) is 20.3 Å². The Morgan fingerprint density at radius 3 is 2.57 bits per heavy atom. The van der Waals surface area contributed by atoms with Crippen LogP contribution < -0.4 is 20.1 Å². The van der Waals surface area contributed by atoms with Gasteiger partial charge in [0.05, 0.1) is 36.6 Å². The summed E-state index contributed by atoms with van der Waals surface area (Å²) in [6, 6.07) is 18.7. The van der Waals surface area contributed by atoms with E-state index >= 15 is 0 Å². The van der Waals surface area contributed by atoms with Crippen LogP contribution in [0.1, 0.15) is 36.8 Å². The highest BCUT2D eigenvalue weighted by Gasteiger charge is 2.21. The second-order valence-corrected chi connectivity index (χ2v) is 9.79. The van der Waals surface area contributed by atoms with Gasteiger partial charge in [-0.15, -0.1) is 0 Å². The molecule has 190 valence electrons. The molecule has 2 N–H and O–H groups in total. The fourth-order valence-corrected chi connectivity index (χ4v) is 5.19. The molecule has 7 nitrogen and oxygen atoms in total. The van der Waals surface area contributed by atoms with Crippen molar-refractivity contribution < 1.29 is 9.47 Å². The molecule has 0 amide bonds. The molecular weight excluding hydrogens is 486 g/mol. The van der Waals surface area contributed by atoms with E-state index in [1.165, 1.54) is 0 Å². The Bertz CT molecular complexity index is 1440. The van der Waals surface area contributed by atoms with E-state index in [4.69, 9.17) is 31.3 Å². The summed E-state index contributed by atoms with van der Waals surface area (Å²) in [6.45, 7) is 0.793. The number of aromatic nitrogens is 2. The van der Waals surface area contributed by atoms with E-state index in [0.717, 1.165) is 60.4 Å². The summed E-state index contributed by atoms with van der Waals surface area (Å²) in [4.78, 5) is 4.83. The van der Waals surface area contributed by atoms with Gasteiger partial charge >= 0.3 is 0 Å². The lowest BCUT2D eigenvalue weighted by Gasteiger charge is -2.30. The summed E-state index contributed by atoms with van der Waals surface area (Å²) in [6.07, 6.45) is 8.43. The molecule has 5 rings (SSSR count). The average Bonchev–Trinajstić information content (AvgIpc) is 3.36. The Hall–Kier alpha value is -3.73. The SMILES string of the molecule is COc1cc(OC)c(-c2cn3ccc(N[C@H]4CC[C@H](NCc5cccc(C#N)c5)CC4)cc3n2)cc1Cl. The van der Waals surface area contributed by atoms with Crippen molar-refractivity contribution in [3.05, 3.63) is 77.1 Å². The van der Waals surface area contributed by atoms with Gasteiger partial charge in [-0.2, -0.15) is 5.26 Å². The van der Waals surface area contributed by atoms with Gasteiger partial charge in [-0.05, 0) is 55.5 Å². The van der Waals surface area contributed by atoms with Gasteiger partial charge < -0.3 is 24.5 Å². The Morgan fingerprint density at radius 1 is 1.03 bits per heavy atom. The lowest BCUT2D eigenvalue weighted by atomic mass is 9.91. The van der Waals surface area contributed by atoms with Crippen LogP contribution in [0.25, 0.3) is 16.9 Å².